The van der Waals surface area contributed by atoms with Gasteiger partial charge in [0.15, 0.2) is 0 Å². The molecule has 3 aromatic carbocycles. The number of rotatable bonds is 8. The third kappa shape index (κ3) is 3.94. The predicted octanol–water partition coefficient (Wildman–Crippen LogP) is 4.74. The number of hydrogen-bond acceptors (Lipinski definition) is 1. The number of benzene rings is 3. The topological polar surface area (TPSA) is 17.1 Å². The summed E-state index contributed by atoms with van der Waals surface area (Å²) in [6.07, 6.45) is 3.26. The molecule has 0 saturated carbocycles. The highest BCUT2D eigenvalue weighted by molar-refractivity contribution is 7.95. The molecule has 0 aliphatic rings. The average molecular weight is 361 g/mol. The minimum absolute atomic E-state index is 0.359. The van der Waals surface area contributed by atoms with Crippen molar-refractivity contribution in [2.24, 2.45) is 0 Å². The second kappa shape index (κ2) is 8.92. The van der Waals surface area contributed by atoms with Gasteiger partial charge in [-0.05, 0) is 42.8 Å². The van der Waals surface area contributed by atoms with E-state index in [4.69, 9.17) is 0 Å². The Hall–Kier alpha value is -2.24. The maximum absolute atomic E-state index is 11.9. The molecule has 0 aliphatic carbocycles. The number of ketones is 1. The van der Waals surface area contributed by atoms with Gasteiger partial charge in [-0.3, -0.25) is 4.79 Å². The number of carbonyl (C=O) groups is 1. The molecule has 0 N–H and O–H groups in total. The zero-order valence-electron chi connectivity index (χ0n) is 15.3. The first-order valence-corrected chi connectivity index (χ1v) is 11.3. The normalized spacial score (nSPS) is 11.3. The summed E-state index contributed by atoms with van der Waals surface area (Å²) in [5, 5.41) is 4.17. The second-order valence-electron chi connectivity index (χ2n) is 6.54. The lowest BCUT2D eigenvalue weighted by molar-refractivity contribution is -0.118. The molecular formula is C24H26OP+. The molecule has 3 rings (SSSR count). The van der Waals surface area contributed by atoms with E-state index in [1.807, 2.05) is 6.92 Å². The van der Waals surface area contributed by atoms with Gasteiger partial charge in [-0.2, -0.15) is 0 Å². The lowest BCUT2D eigenvalue weighted by Gasteiger charge is -2.27. The maximum atomic E-state index is 11.9. The maximum Gasteiger partial charge on any atom is 0.132 e. The van der Waals surface area contributed by atoms with E-state index in [9.17, 15) is 4.79 Å². The minimum Gasteiger partial charge on any atom is -0.300 e. The zero-order chi connectivity index (χ0) is 18.2. The molecule has 26 heavy (non-hydrogen) atoms. The average Bonchev–Trinajstić information content (AvgIpc) is 2.73. The van der Waals surface area contributed by atoms with Crippen LogP contribution in [0.1, 0.15) is 26.2 Å². The van der Waals surface area contributed by atoms with Gasteiger partial charge in [-0.15, -0.1) is 0 Å². The fourth-order valence-electron chi connectivity index (χ4n) is 3.57. The van der Waals surface area contributed by atoms with Crippen LogP contribution in [0.4, 0.5) is 0 Å². The Morgan fingerprint density at radius 2 is 1.08 bits per heavy atom. The van der Waals surface area contributed by atoms with Crippen LogP contribution in [-0.4, -0.2) is 11.9 Å². The highest BCUT2D eigenvalue weighted by atomic mass is 31.2. The van der Waals surface area contributed by atoms with Gasteiger partial charge in [0.2, 0.25) is 0 Å². The highest BCUT2D eigenvalue weighted by Crippen LogP contribution is 2.55. The summed E-state index contributed by atoms with van der Waals surface area (Å²) in [6.45, 7) is 1.95. The van der Waals surface area contributed by atoms with Crippen LogP contribution < -0.4 is 15.9 Å². The van der Waals surface area contributed by atoms with Gasteiger partial charge in [0.1, 0.15) is 29.0 Å². The molecule has 0 saturated heterocycles. The van der Waals surface area contributed by atoms with E-state index >= 15 is 0 Å². The van der Waals surface area contributed by atoms with Crippen LogP contribution in [0.15, 0.2) is 91.0 Å². The molecule has 0 heterocycles. The van der Waals surface area contributed by atoms with Crippen molar-refractivity contribution in [3.8, 4) is 0 Å². The van der Waals surface area contributed by atoms with Crippen LogP contribution in [0.2, 0.25) is 0 Å². The van der Waals surface area contributed by atoms with Gasteiger partial charge in [0.25, 0.3) is 0 Å². The standard InChI is InChI=1S/C24H26OP/c1-2-21(25)13-12-20-26(22-14-6-3-7-15-22,23-16-8-4-9-17-23)24-18-10-5-11-19-24/h3-11,14-19H,2,12-13,20H2,1H3/q+1. The predicted molar refractivity (Wildman–Crippen MR) is 115 cm³/mol. The van der Waals surface area contributed by atoms with Gasteiger partial charge in [-0.25, -0.2) is 0 Å². The molecule has 1 nitrogen and oxygen atoms in total. The summed E-state index contributed by atoms with van der Waals surface area (Å²) in [6, 6.07) is 32.6. The molecule has 132 valence electrons. The lowest BCUT2D eigenvalue weighted by Crippen LogP contribution is -2.33. The van der Waals surface area contributed by atoms with Crippen molar-refractivity contribution in [3.63, 3.8) is 0 Å². The van der Waals surface area contributed by atoms with Crippen molar-refractivity contribution in [1.82, 2.24) is 0 Å². The van der Waals surface area contributed by atoms with E-state index in [2.05, 4.69) is 91.0 Å². The molecule has 0 amide bonds. The smallest absolute Gasteiger partial charge is 0.132 e. The first-order chi connectivity index (χ1) is 12.8. The Kier molecular flexibility index (Phi) is 6.36. The molecule has 2 heteroatoms. The Morgan fingerprint density at radius 3 is 1.42 bits per heavy atom. The number of Topliss-reactive ketones (excluding diaryl/α,β-unsaturated/α-hetero) is 1. The third-order valence-electron chi connectivity index (χ3n) is 4.93. The van der Waals surface area contributed by atoms with Gasteiger partial charge < -0.3 is 0 Å². The van der Waals surface area contributed by atoms with Crippen LogP contribution in [0.3, 0.4) is 0 Å². The zero-order valence-corrected chi connectivity index (χ0v) is 16.2. The van der Waals surface area contributed by atoms with E-state index in [-0.39, 0.29) is 0 Å². The Labute approximate surface area is 157 Å². The molecule has 0 aromatic heterocycles. The van der Waals surface area contributed by atoms with E-state index < -0.39 is 7.26 Å². The van der Waals surface area contributed by atoms with Crippen LogP contribution in [0.25, 0.3) is 0 Å². The molecule has 0 fully saturated rings. The fraction of sp³-hybridized carbons (Fsp3) is 0.208. The van der Waals surface area contributed by atoms with Gasteiger partial charge in [-0.1, -0.05) is 61.5 Å². The quantitative estimate of drug-likeness (QED) is 0.530. The summed E-state index contributed by atoms with van der Waals surface area (Å²) in [5.41, 5.74) is 0. The van der Waals surface area contributed by atoms with Gasteiger partial charge >= 0.3 is 0 Å². The molecule has 3 aromatic rings. The van der Waals surface area contributed by atoms with E-state index in [0.717, 1.165) is 12.6 Å². The lowest BCUT2D eigenvalue weighted by atomic mass is 10.2. The van der Waals surface area contributed by atoms with Crippen molar-refractivity contribution < 1.29 is 4.79 Å². The van der Waals surface area contributed by atoms with Gasteiger partial charge in [0.05, 0.1) is 6.16 Å². The Bertz CT molecular complexity index is 716. The van der Waals surface area contributed by atoms with Crippen molar-refractivity contribution in [1.29, 1.82) is 0 Å². The molecule has 0 spiro atoms. The van der Waals surface area contributed by atoms with Crippen LogP contribution >= 0.6 is 7.26 Å². The third-order valence-corrected chi connectivity index (χ3v) is 9.46. The van der Waals surface area contributed by atoms with E-state index in [1.54, 1.807) is 0 Å². The number of hydrogen-bond donors (Lipinski definition) is 0. The van der Waals surface area contributed by atoms with E-state index in [1.165, 1.54) is 15.9 Å². The Morgan fingerprint density at radius 1 is 0.692 bits per heavy atom. The minimum atomic E-state index is -1.77. The largest absolute Gasteiger partial charge is 0.300 e. The van der Waals surface area contributed by atoms with Crippen LogP contribution in [0, 0.1) is 0 Å². The van der Waals surface area contributed by atoms with Crippen LogP contribution in [0.5, 0.6) is 0 Å². The molecule has 0 aliphatic heterocycles. The summed E-state index contributed by atoms with van der Waals surface area (Å²) in [4.78, 5) is 11.9. The van der Waals surface area contributed by atoms with Crippen molar-refractivity contribution in [3.05, 3.63) is 91.0 Å². The monoisotopic (exact) mass is 361 g/mol. The first kappa shape index (κ1) is 18.5. The summed E-state index contributed by atoms with van der Waals surface area (Å²) < 4.78 is 0. The summed E-state index contributed by atoms with van der Waals surface area (Å²) >= 11 is 0. The van der Waals surface area contributed by atoms with Crippen molar-refractivity contribution in [2.75, 3.05) is 6.16 Å². The SMILES string of the molecule is CCC(=O)CCC[P+](c1ccccc1)(c1ccccc1)c1ccccc1. The van der Waals surface area contributed by atoms with Crippen LogP contribution in [-0.2, 0) is 4.79 Å². The summed E-state index contributed by atoms with van der Waals surface area (Å²) in [5.74, 6) is 0.359. The molecule has 0 bridgehead atoms. The molecule has 0 atom stereocenters. The molecule has 0 unspecified atom stereocenters. The first-order valence-electron chi connectivity index (χ1n) is 9.34. The van der Waals surface area contributed by atoms with Crippen molar-refractivity contribution in [2.45, 2.75) is 26.2 Å². The molecule has 0 radical (unpaired) electrons. The van der Waals surface area contributed by atoms with Gasteiger partial charge in [0, 0.05) is 12.8 Å². The highest BCUT2D eigenvalue weighted by Gasteiger charge is 2.44. The van der Waals surface area contributed by atoms with E-state index in [0.29, 0.717) is 18.6 Å². The second-order valence-corrected chi connectivity index (χ2v) is 10.2. The Balaban J connectivity index is 2.13. The fourth-order valence-corrected chi connectivity index (χ4v) is 7.92. The number of carbonyl (C=O) groups excluding carboxylic acids is 1. The van der Waals surface area contributed by atoms with Crippen molar-refractivity contribution >= 4 is 29.0 Å². The molecular weight excluding hydrogens is 335 g/mol. The summed E-state index contributed by atoms with van der Waals surface area (Å²) in [7, 11) is -1.77.